The zero-order chi connectivity index (χ0) is 43.2. The fraction of sp³-hybridized carbons (Fsp3) is 0.410. The molecule has 0 atom stereocenters. The Hall–Kier alpha value is -3.72. The summed E-state index contributed by atoms with van der Waals surface area (Å²) < 4.78 is 2.53. The molecule has 0 aliphatic heterocycles. The van der Waals surface area contributed by atoms with E-state index >= 15 is 0 Å². The number of hydrogen-bond acceptors (Lipinski definition) is 0. The van der Waals surface area contributed by atoms with E-state index in [0.29, 0.717) is 0 Å². The Kier molecular flexibility index (Phi) is 14.6. The van der Waals surface area contributed by atoms with Crippen LogP contribution in [0.25, 0.3) is 33.4 Å². The number of aryl methyl sites for hydroxylation is 8. The molecule has 9 aliphatic carbocycles. The topological polar surface area (TPSA) is 0 Å². The second-order valence-corrected chi connectivity index (χ2v) is 21.2. The molecule has 8 bridgehead atoms. The van der Waals surface area contributed by atoms with Gasteiger partial charge in [-0.25, -0.2) is 0 Å². The Labute approximate surface area is 397 Å². The minimum absolute atomic E-state index is 0.00440. The average molecular weight is 961 g/mol. The van der Waals surface area contributed by atoms with Crippen LogP contribution in [0.15, 0.2) is 118 Å². The van der Waals surface area contributed by atoms with Crippen LogP contribution in [0.1, 0.15) is 159 Å². The molecule has 2 heteroatoms. The van der Waals surface area contributed by atoms with Crippen molar-refractivity contribution in [1.29, 1.82) is 0 Å². The van der Waals surface area contributed by atoms with Crippen molar-refractivity contribution in [3.63, 3.8) is 0 Å². The lowest BCUT2D eigenvalue weighted by atomic mass is 9.69. The Morgan fingerprint density at radius 1 is 0.349 bits per heavy atom. The Bertz CT molecular complexity index is 2360. The summed E-state index contributed by atoms with van der Waals surface area (Å²) in [6.45, 7) is 4.68. The lowest BCUT2D eigenvalue weighted by molar-refractivity contribution is 0.398. The smallest absolute Gasteiger partial charge is 0.0215 e. The summed E-state index contributed by atoms with van der Waals surface area (Å²) in [7, 11) is 0. The Morgan fingerprint density at radius 2 is 0.714 bits per heavy atom. The Balaban J connectivity index is 1.14. The van der Waals surface area contributed by atoms with Gasteiger partial charge in [-0.1, -0.05) is 208 Å². The summed E-state index contributed by atoms with van der Waals surface area (Å²) in [6.07, 6.45) is 26.9. The van der Waals surface area contributed by atoms with Crippen LogP contribution < -0.4 is 0 Å². The van der Waals surface area contributed by atoms with E-state index in [4.69, 9.17) is 0 Å². The van der Waals surface area contributed by atoms with Gasteiger partial charge >= 0.3 is 0 Å². The molecule has 0 spiro atoms. The number of halogens is 2. The van der Waals surface area contributed by atoms with Crippen molar-refractivity contribution in [2.75, 3.05) is 0 Å². The average Bonchev–Trinajstić information content (AvgIpc) is 3.56. The number of unbranched alkanes of at least 4 members (excludes halogenated alkanes) is 10. The van der Waals surface area contributed by atoms with E-state index in [1.807, 2.05) is 0 Å². The summed E-state index contributed by atoms with van der Waals surface area (Å²) in [5, 5.41) is 0. The molecule has 0 fully saturated rings. The monoisotopic (exact) mass is 958 g/mol. The summed E-state index contributed by atoms with van der Waals surface area (Å²) >= 11 is 7.81. The van der Waals surface area contributed by atoms with Crippen LogP contribution in [-0.4, -0.2) is 0 Å². The molecule has 0 saturated carbocycles. The van der Waals surface area contributed by atoms with Crippen LogP contribution in [-0.2, 0) is 56.8 Å². The van der Waals surface area contributed by atoms with Crippen LogP contribution in [0, 0.1) is 0 Å². The van der Waals surface area contributed by atoms with Gasteiger partial charge in [-0.15, -0.1) is 0 Å². The van der Waals surface area contributed by atoms with Gasteiger partial charge in [0.2, 0.25) is 0 Å². The molecule has 0 aromatic heterocycles. The molecule has 0 amide bonds. The molecule has 0 heterocycles. The van der Waals surface area contributed by atoms with Crippen molar-refractivity contribution >= 4 is 31.9 Å². The van der Waals surface area contributed by atoms with Crippen LogP contribution in [0.5, 0.6) is 0 Å². The van der Waals surface area contributed by atoms with Crippen molar-refractivity contribution in [2.45, 2.75) is 161 Å². The standard InChI is InChI=1S/C61H68Br2/c1-3-5-7-9-11-13-35-61(36-14-12-10-8-6-4-2)57-41-51(55-37-43-15-23-47(55)25-17-45-21-29-49(27-19-43)59(62)39-45)31-33-53(57)54-34-32-52(42-58(54)61)56-38-44-16-24-48(56)26-18-46-22-30-50(28-20-44)60(63)40-46/h15-16,21-24,29-34,37-42H,3-14,17-20,25-28,35-36H2,1-2H3. The van der Waals surface area contributed by atoms with Crippen LogP contribution in [0.4, 0.5) is 0 Å². The third-order valence-corrected chi connectivity index (χ3v) is 16.7. The second kappa shape index (κ2) is 20.6. The van der Waals surface area contributed by atoms with Gasteiger partial charge in [0, 0.05) is 14.4 Å². The van der Waals surface area contributed by atoms with Crippen LogP contribution in [0.2, 0.25) is 0 Å². The van der Waals surface area contributed by atoms with E-state index in [0.717, 1.165) is 51.4 Å². The number of hydrogen-bond donors (Lipinski definition) is 0. The second-order valence-electron chi connectivity index (χ2n) is 19.5. The van der Waals surface area contributed by atoms with Crippen molar-refractivity contribution in [3.8, 4) is 33.4 Å². The maximum atomic E-state index is 3.90. The number of fused-ring (bicyclic) bond motifs is 3. The minimum atomic E-state index is 0.00440. The van der Waals surface area contributed by atoms with E-state index in [-0.39, 0.29) is 5.41 Å². The predicted octanol–water partition coefficient (Wildman–Crippen LogP) is 18.1. The van der Waals surface area contributed by atoms with E-state index < -0.39 is 0 Å². The van der Waals surface area contributed by atoms with Crippen molar-refractivity contribution in [1.82, 2.24) is 0 Å². The molecule has 63 heavy (non-hydrogen) atoms. The van der Waals surface area contributed by atoms with Gasteiger partial charge in [-0.05, 0) is 177 Å². The van der Waals surface area contributed by atoms with Gasteiger partial charge in [-0.3, -0.25) is 0 Å². The molecule has 15 rings (SSSR count). The highest BCUT2D eigenvalue weighted by molar-refractivity contribution is 9.10. The number of benzene rings is 6. The highest BCUT2D eigenvalue weighted by Gasteiger charge is 2.43. The van der Waals surface area contributed by atoms with Crippen molar-refractivity contribution in [3.05, 3.63) is 174 Å². The maximum Gasteiger partial charge on any atom is 0.0215 e. The Morgan fingerprint density at radius 3 is 1.13 bits per heavy atom. The minimum Gasteiger partial charge on any atom is -0.0654 e. The maximum absolute atomic E-state index is 3.90. The molecule has 0 unspecified atom stereocenters. The molecule has 0 nitrogen and oxygen atoms in total. The first kappa shape index (κ1) is 44.5. The van der Waals surface area contributed by atoms with Gasteiger partial charge in [0.1, 0.15) is 0 Å². The molecule has 6 aromatic carbocycles. The number of rotatable bonds is 16. The van der Waals surface area contributed by atoms with Crippen LogP contribution in [0.3, 0.4) is 0 Å². The summed E-state index contributed by atoms with van der Waals surface area (Å²) in [5.41, 5.74) is 23.4. The third-order valence-electron chi connectivity index (χ3n) is 15.2. The van der Waals surface area contributed by atoms with Crippen LogP contribution >= 0.6 is 31.9 Å². The zero-order valence-electron chi connectivity index (χ0n) is 38.2. The molecular weight excluding hydrogens is 892 g/mol. The first-order valence-corrected chi connectivity index (χ1v) is 26.6. The van der Waals surface area contributed by atoms with E-state index in [1.165, 1.54) is 177 Å². The largest absolute Gasteiger partial charge is 0.0654 e. The molecule has 326 valence electrons. The molecule has 0 saturated heterocycles. The van der Waals surface area contributed by atoms with Gasteiger partial charge in [-0.2, -0.15) is 0 Å². The van der Waals surface area contributed by atoms with Crippen molar-refractivity contribution in [2.24, 2.45) is 0 Å². The zero-order valence-corrected chi connectivity index (χ0v) is 41.4. The van der Waals surface area contributed by atoms with E-state index in [1.54, 1.807) is 11.1 Å². The first-order chi connectivity index (χ1) is 30.9. The summed E-state index contributed by atoms with van der Waals surface area (Å²) in [4.78, 5) is 0. The molecule has 0 radical (unpaired) electrons. The quantitative estimate of drug-likeness (QED) is 0.0848. The summed E-state index contributed by atoms with van der Waals surface area (Å²) in [6, 6.07) is 44.5. The van der Waals surface area contributed by atoms with E-state index in [2.05, 4.69) is 155 Å². The van der Waals surface area contributed by atoms with Gasteiger partial charge in [0.25, 0.3) is 0 Å². The van der Waals surface area contributed by atoms with Gasteiger partial charge in [0.05, 0.1) is 0 Å². The highest BCUT2D eigenvalue weighted by atomic mass is 79.9. The molecule has 9 aliphatic rings. The van der Waals surface area contributed by atoms with E-state index in [9.17, 15) is 0 Å². The lowest BCUT2D eigenvalue weighted by Crippen LogP contribution is -2.25. The molecule has 6 aromatic rings. The summed E-state index contributed by atoms with van der Waals surface area (Å²) in [5.74, 6) is 0. The van der Waals surface area contributed by atoms with Crippen molar-refractivity contribution < 1.29 is 0 Å². The SMILES string of the molecule is CCCCCCCCC1(CCCCCCCC)c2cc(-c3cc4ccc3CCc3ccc(c(Br)c3)CC4)ccc2-c2ccc(-c3cc4ccc3CCc3ccc(c(Br)c3)CC4)cc21. The first-order valence-electron chi connectivity index (χ1n) is 25.0. The normalized spacial score (nSPS) is 14.9. The van der Waals surface area contributed by atoms with Gasteiger partial charge < -0.3 is 0 Å². The fourth-order valence-corrected chi connectivity index (χ4v) is 12.7. The lowest BCUT2D eigenvalue weighted by Gasteiger charge is -2.34. The predicted molar refractivity (Wildman–Crippen MR) is 277 cm³/mol. The highest BCUT2D eigenvalue weighted by Crippen LogP contribution is 2.56. The molecular formula is C61H68Br2. The fourth-order valence-electron chi connectivity index (χ4n) is 11.5. The third kappa shape index (κ3) is 9.94. The molecule has 0 N–H and O–H groups in total. The van der Waals surface area contributed by atoms with Gasteiger partial charge in [0.15, 0.2) is 0 Å².